The molecule has 0 spiro atoms. The third-order valence-electron chi connectivity index (χ3n) is 4.83. The average molecular weight is 385 g/mol. The number of carbonyl (C=O) groups is 1. The van der Waals surface area contributed by atoms with Gasteiger partial charge in [0.05, 0.1) is 28.7 Å². The molecule has 1 aliphatic rings. The van der Waals surface area contributed by atoms with Gasteiger partial charge in [0, 0.05) is 11.6 Å². The van der Waals surface area contributed by atoms with Gasteiger partial charge in [-0.2, -0.15) is 18.3 Å². The van der Waals surface area contributed by atoms with E-state index in [0.29, 0.717) is 22.6 Å². The minimum absolute atomic E-state index is 0.120. The molecule has 28 heavy (non-hydrogen) atoms. The van der Waals surface area contributed by atoms with Gasteiger partial charge in [0.15, 0.2) is 0 Å². The number of nitrogens with zero attached hydrogens (tertiary/aromatic N) is 2. The lowest BCUT2D eigenvalue weighted by molar-refractivity contribution is -0.137. The predicted molar refractivity (Wildman–Crippen MR) is 99.7 cm³/mol. The topological polar surface area (TPSA) is 46.9 Å². The van der Waals surface area contributed by atoms with Crippen molar-refractivity contribution in [3.05, 3.63) is 77.1 Å². The Kier molecular flexibility index (Phi) is 4.45. The van der Waals surface area contributed by atoms with Crippen LogP contribution in [0.3, 0.4) is 0 Å². The molecule has 0 atom stereocenters. The zero-order valence-corrected chi connectivity index (χ0v) is 15.1. The molecule has 0 saturated heterocycles. The molecule has 0 unspecified atom stereocenters. The molecule has 1 amide bonds. The Morgan fingerprint density at radius 3 is 2.57 bits per heavy atom. The van der Waals surface area contributed by atoms with Crippen molar-refractivity contribution >= 4 is 11.6 Å². The molecule has 0 bridgehead atoms. The van der Waals surface area contributed by atoms with E-state index in [1.165, 1.54) is 16.9 Å². The number of amides is 1. The molecule has 0 radical (unpaired) electrons. The SMILES string of the molecule is Cc1ccccc1NC(=O)c1cnn(-c2cccc(C(F)(F)F)c2)c1C1CC1. The van der Waals surface area contributed by atoms with Crippen LogP contribution in [0.2, 0.25) is 0 Å². The van der Waals surface area contributed by atoms with Gasteiger partial charge in [-0.15, -0.1) is 0 Å². The fourth-order valence-electron chi connectivity index (χ4n) is 3.20. The molecule has 1 N–H and O–H groups in total. The van der Waals surface area contributed by atoms with Crippen molar-refractivity contribution in [2.24, 2.45) is 0 Å². The highest BCUT2D eigenvalue weighted by atomic mass is 19.4. The summed E-state index contributed by atoms with van der Waals surface area (Å²) in [7, 11) is 0. The van der Waals surface area contributed by atoms with E-state index in [1.54, 1.807) is 12.1 Å². The lowest BCUT2D eigenvalue weighted by atomic mass is 10.1. The van der Waals surface area contributed by atoms with Crippen molar-refractivity contribution in [3.8, 4) is 5.69 Å². The Balaban J connectivity index is 1.71. The first-order chi connectivity index (χ1) is 13.3. The van der Waals surface area contributed by atoms with Gasteiger partial charge >= 0.3 is 6.18 Å². The van der Waals surface area contributed by atoms with E-state index in [4.69, 9.17) is 0 Å². The highest BCUT2D eigenvalue weighted by Crippen LogP contribution is 2.43. The molecule has 0 aliphatic heterocycles. The van der Waals surface area contributed by atoms with E-state index < -0.39 is 11.7 Å². The number of halogens is 3. The van der Waals surface area contributed by atoms with Crippen LogP contribution in [-0.4, -0.2) is 15.7 Å². The molecule has 7 heteroatoms. The number of rotatable bonds is 4. The Hall–Kier alpha value is -3.09. The number of nitrogens with one attached hydrogen (secondary N) is 1. The second kappa shape index (κ2) is 6.82. The highest BCUT2D eigenvalue weighted by Gasteiger charge is 2.34. The third kappa shape index (κ3) is 3.52. The van der Waals surface area contributed by atoms with Crippen LogP contribution in [0.5, 0.6) is 0 Å². The first kappa shape index (κ1) is 18.3. The lowest BCUT2D eigenvalue weighted by Crippen LogP contribution is -2.15. The number of alkyl halides is 3. The molecular formula is C21H18F3N3O. The third-order valence-corrected chi connectivity index (χ3v) is 4.83. The summed E-state index contributed by atoms with van der Waals surface area (Å²) in [5.74, 6) is -0.191. The van der Waals surface area contributed by atoms with E-state index in [2.05, 4.69) is 10.4 Å². The van der Waals surface area contributed by atoms with E-state index in [-0.39, 0.29) is 11.8 Å². The molecule has 144 valence electrons. The van der Waals surface area contributed by atoms with Gasteiger partial charge in [-0.25, -0.2) is 4.68 Å². The number of hydrogen-bond donors (Lipinski definition) is 1. The smallest absolute Gasteiger partial charge is 0.322 e. The van der Waals surface area contributed by atoms with Crippen LogP contribution in [0.1, 0.15) is 45.9 Å². The quantitative estimate of drug-likeness (QED) is 0.660. The summed E-state index contributed by atoms with van der Waals surface area (Å²) in [6, 6.07) is 12.4. The first-order valence-electron chi connectivity index (χ1n) is 8.97. The van der Waals surface area contributed by atoms with Crippen LogP contribution in [0.4, 0.5) is 18.9 Å². The fraction of sp³-hybridized carbons (Fsp3) is 0.238. The second-order valence-electron chi connectivity index (χ2n) is 6.95. The average Bonchev–Trinajstić information content (AvgIpc) is 3.40. The van der Waals surface area contributed by atoms with Crippen molar-refractivity contribution in [2.75, 3.05) is 5.32 Å². The Labute approximate surface area is 160 Å². The predicted octanol–water partition coefficient (Wildman–Crippen LogP) is 5.33. The standard InChI is InChI=1S/C21H18F3N3O/c1-13-5-2-3-8-18(13)26-20(28)17-12-25-27(19(17)14-9-10-14)16-7-4-6-15(11-16)21(22,23)24/h2-8,11-12,14H,9-10H2,1H3,(H,26,28). The number of carbonyl (C=O) groups excluding carboxylic acids is 1. The molecule has 4 nitrogen and oxygen atoms in total. The van der Waals surface area contributed by atoms with Crippen LogP contribution >= 0.6 is 0 Å². The zero-order chi connectivity index (χ0) is 19.9. The van der Waals surface area contributed by atoms with Crippen LogP contribution in [-0.2, 0) is 6.18 Å². The number of hydrogen-bond acceptors (Lipinski definition) is 2. The van der Waals surface area contributed by atoms with Gasteiger partial charge in [0.1, 0.15) is 0 Å². The molecular weight excluding hydrogens is 367 g/mol. The zero-order valence-electron chi connectivity index (χ0n) is 15.1. The summed E-state index contributed by atoms with van der Waals surface area (Å²) >= 11 is 0. The number of para-hydroxylation sites is 1. The number of benzene rings is 2. The van der Waals surface area contributed by atoms with Crippen molar-refractivity contribution < 1.29 is 18.0 Å². The van der Waals surface area contributed by atoms with Gasteiger partial charge in [-0.05, 0) is 49.6 Å². The summed E-state index contributed by atoms with van der Waals surface area (Å²) in [5.41, 5.74) is 2.23. The molecule has 1 heterocycles. The number of aromatic nitrogens is 2. The summed E-state index contributed by atoms with van der Waals surface area (Å²) in [6.45, 7) is 1.89. The van der Waals surface area contributed by atoms with Crippen molar-refractivity contribution in [2.45, 2.75) is 31.9 Å². The van der Waals surface area contributed by atoms with Crippen molar-refractivity contribution in [1.29, 1.82) is 0 Å². The summed E-state index contributed by atoms with van der Waals surface area (Å²) in [4.78, 5) is 12.8. The van der Waals surface area contributed by atoms with E-state index >= 15 is 0 Å². The highest BCUT2D eigenvalue weighted by molar-refractivity contribution is 6.05. The second-order valence-corrected chi connectivity index (χ2v) is 6.95. The minimum Gasteiger partial charge on any atom is -0.322 e. The Morgan fingerprint density at radius 2 is 1.89 bits per heavy atom. The van der Waals surface area contributed by atoms with Crippen LogP contribution in [0.15, 0.2) is 54.7 Å². The van der Waals surface area contributed by atoms with Crippen LogP contribution in [0.25, 0.3) is 5.69 Å². The van der Waals surface area contributed by atoms with Crippen molar-refractivity contribution in [3.63, 3.8) is 0 Å². The van der Waals surface area contributed by atoms with Crippen LogP contribution in [0, 0.1) is 6.92 Å². The first-order valence-corrected chi connectivity index (χ1v) is 8.97. The van der Waals surface area contributed by atoms with Gasteiger partial charge in [0.2, 0.25) is 0 Å². The lowest BCUT2D eigenvalue weighted by Gasteiger charge is -2.12. The maximum absolute atomic E-state index is 13.1. The Bertz CT molecular complexity index is 1040. The molecule has 3 aromatic rings. The largest absolute Gasteiger partial charge is 0.416 e. The maximum Gasteiger partial charge on any atom is 0.416 e. The minimum atomic E-state index is -4.44. The number of aryl methyl sites for hydroxylation is 1. The summed E-state index contributed by atoms with van der Waals surface area (Å²) < 4.78 is 40.7. The van der Waals surface area contributed by atoms with E-state index in [0.717, 1.165) is 30.5 Å². The van der Waals surface area contributed by atoms with Crippen LogP contribution < -0.4 is 5.32 Å². The molecule has 1 aromatic heterocycles. The normalized spacial score (nSPS) is 14.1. The maximum atomic E-state index is 13.1. The molecule has 4 rings (SSSR count). The number of anilines is 1. The van der Waals surface area contributed by atoms with E-state index in [9.17, 15) is 18.0 Å². The Morgan fingerprint density at radius 1 is 1.14 bits per heavy atom. The molecule has 1 saturated carbocycles. The fourth-order valence-corrected chi connectivity index (χ4v) is 3.20. The summed E-state index contributed by atoms with van der Waals surface area (Å²) in [5, 5.41) is 7.12. The molecule has 2 aromatic carbocycles. The van der Waals surface area contributed by atoms with E-state index in [1.807, 2.05) is 25.1 Å². The monoisotopic (exact) mass is 385 g/mol. The van der Waals surface area contributed by atoms with Gasteiger partial charge < -0.3 is 5.32 Å². The van der Waals surface area contributed by atoms with Gasteiger partial charge in [-0.3, -0.25) is 4.79 Å². The van der Waals surface area contributed by atoms with Crippen molar-refractivity contribution in [1.82, 2.24) is 9.78 Å². The molecule has 1 fully saturated rings. The van der Waals surface area contributed by atoms with Gasteiger partial charge in [0.25, 0.3) is 5.91 Å². The van der Waals surface area contributed by atoms with Gasteiger partial charge in [-0.1, -0.05) is 24.3 Å². The summed E-state index contributed by atoms with van der Waals surface area (Å²) in [6.07, 6.45) is -1.24. The molecule has 1 aliphatic carbocycles.